The first-order chi connectivity index (χ1) is 21.4. The molecule has 44 heavy (non-hydrogen) atoms. The Morgan fingerprint density at radius 1 is 0.909 bits per heavy atom. The van der Waals surface area contributed by atoms with Crippen LogP contribution in [0.2, 0.25) is 0 Å². The molecule has 1 amide bonds. The van der Waals surface area contributed by atoms with Crippen LogP contribution in [0.1, 0.15) is 29.2 Å². The highest BCUT2D eigenvalue weighted by atomic mass is 32.2. The van der Waals surface area contributed by atoms with E-state index in [9.17, 15) is 13.2 Å². The Balaban J connectivity index is 1.51. The van der Waals surface area contributed by atoms with Gasteiger partial charge >= 0.3 is 10.1 Å². The van der Waals surface area contributed by atoms with Crippen LogP contribution in [0.5, 0.6) is 11.5 Å². The van der Waals surface area contributed by atoms with Crippen LogP contribution in [-0.4, -0.2) is 31.0 Å². The van der Waals surface area contributed by atoms with Crippen LogP contribution in [0.4, 0.5) is 0 Å². The molecule has 0 atom stereocenters. The molecule has 0 N–H and O–H groups in total. The van der Waals surface area contributed by atoms with E-state index in [0.717, 1.165) is 11.1 Å². The Morgan fingerprint density at radius 3 is 2.18 bits per heavy atom. The topological polar surface area (TPSA) is 85.3 Å². The highest BCUT2D eigenvalue weighted by molar-refractivity contribution is 8.18. The number of allylic oxidation sites excluding steroid dienone is 1. The van der Waals surface area contributed by atoms with Gasteiger partial charge in [0.1, 0.15) is 4.90 Å². The number of rotatable bonds is 12. The van der Waals surface area contributed by atoms with E-state index in [2.05, 4.69) is 6.58 Å². The summed E-state index contributed by atoms with van der Waals surface area (Å²) in [6.07, 6.45) is 3.76. The predicted molar refractivity (Wildman–Crippen MR) is 176 cm³/mol. The maximum absolute atomic E-state index is 13.8. The van der Waals surface area contributed by atoms with Crippen molar-refractivity contribution in [3.05, 3.63) is 143 Å². The Hall–Kier alpha value is -4.60. The van der Waals surface area contributed by atoms with Gasteiger partial charge in [-0.1, -0.05) is 84.9 Å². The maximum Gasteiger partial charge on any atom is 0.339 e. The van der Waals surface area contributed by atoms with E-state index in [1.54, 1.807) is 54.3 Å². The average Bonchev–Trinajstić information content (AvgIpc) is 3.32. The van der Waals surface area contributed by atoms with Gasteiger partial charge in [-0.15, -0.1) is 6.58 Å². The Bertz CT molecular complexity index is 1790. The minimum Gasteiger partial charge on any atom is -0.490 e. The standard InChI is InChI=1S/C35H32N2O5S2/c1-3-14-29-21-28(22-31(41-4-2)33(29)42-44(39,40)30-19-12-7-13-20-30)23-32-34(38)37(25-27-17-10-6-11-18-27)35(43-32)36-24-26-15-8-5-9-16-26/h3,5-13,15-23H,1,4,14,24-25H2,2H3/b32-23+,36-35?. The van der Waals surface area contributed by atoms with Crippen molar-refractivity contribution in [2.24, 2.45) is 4.99 Å². The van der Waals surface area contributed by atoms with Gasteiger partial charge in [-0.05, 0) is 72.1 Å². The third-order valence-corrected chi connectivity index (χ3v) is 8.93. The fourth-order valence-electron chi connectivity index (χ4n) is 4.60. The summed E-state index contributed by atoms with van der Waals surface area (Å²) in [4.78, 5) is 20.8. The number of amidine groups is 1. The van der Waals surface area contributed by atoms with E-state index in [1.165, 1.54) is 23.9 Å². The zero-order chi connectivity index (χ0) is 30.9. The number of thioether (sulfide) groups is 1. The van der Waals surface area contributed by atoms with Crippen molar-refractivity contribution in [2.45, 2.75) is 31.3 Å². The largest absolute Gasteiger partial charge is 0.490 e. The van der Waals surface area contributed by atoms with Crippen LogP contribution >= 0.6 is 11.8 Å². The smallest absolute Gasteiger partial charge is 0.339 e. The van der Waals surface area contributed by atoms with E-state index < -0.39 is 10.1 Å². The van der Waals surface area contributed by atoms with Crippen molar-refractivity contribution in [2.75, 3.05) is 6.61 Å². The van der Waals surface area contributed by atoms with E-state index in [4.69, 9.17) is 13.9 Å². The highest BCUT2D eigenvalue weighted by Gasteiger charge is 2.33. The van der Waals surface area contributed by atoms with Crippen molar-refractivity contribution in [3.63, 3.8) is 0 Å². The molecule has 0 unspecified atom stereocenters. The summed E-state index contributed by atoms with van der Waals surface area (Å²) in [6.45, 7) is 6.75. The van der Waals surface area contributed by atoms with E-state index in [-0.39, 0.29) is 28.9 Å². The number of benzene rings is 4. The van der Waals surface area contributed by atoms with Gasteiger partial charge in [0.2, 0.25) is 0 Å². The van der Waals surface area contributed by atoms with Crippen LogP contribution in [0.25, 0.3) is 6.08 Å². The molecule has 4 aromatic carbocycles. The van der Waals surface area contributed by atoms with Crippen molar-refractivity contribution < 1.29 is 22.1 Å². The maximum atomic E-state index is 13.8. The second-order valence-corrected chi connectivity index (χ2v) is 12.4. The van der Waals surface area contributed by atoms with E-state index in [1.807, 2.05) is 60.7 Å². The summed E-state index contributed by atoms with van der Waals surface area (Å²) in [5, 5.41) is 0.610. The number of aliphatic imine (C=N–C) groups is 1. The van der Waals surface area contributed by atoms with Crippen LogP contribution < -0.4 is 8.92 Å². The summed E-state index contributed by atoms with van der Waals surface area (Å²) in [6, 6.07) is 31.1. The average molecular weight is 625 g/mol. The third kappa shape index (κ3) is 7.48. The molecule has 1 heterocycles. The number of carbonyl (C=O) groups excluding carboxylic acids is 1. The molecule has 4 aromatic rings. The zero-order valence-electron chi connectivity index (χ0n) is 24.3. The Labute approximate surface area is 262 Å². The molecule has 0 spiro atoms. The zero-order valence-corrected chi connectivity index (χ0v) is 25.9. The molecule has 1 aliphatic heterocycles. The number of hydrogen-bond donors (Lipinski definition) is 0. The van der Waals surface area contributed by atoms with Gasteiger partial charge in [0.25, 0.3) is 5.91 Å². The Kier molecular flexibility index (Phi) is 9.99. The van der Waals surface area contributed by atoms with Gasteiger partial charge in [-0.25, -0.2) is 0 Å². The van der Waals surface area contributed by atoms with E-state index in [0.29, 0.717) is 40.7 Å². The number of nitrogens with zero attached hydrogens (tertiary/aromatic N) is 2. The van der Waals surface area contributed by atoms with Gasteiger partial charge in [0.05, 0.1) is 24.6 Å². The first-order valence-corrected chi connectivity index (χ1v) is 16.3. The monoisotopic (exact) mass is 624 g/mol. The molecule has 9 heteroatoms. The number of carbonyl (C=O) groups is 1. The van der Waals surface area contributed by atoms with Crippen LogP contribution in [-0.2, 0) is 34.4 Å². The second-order valence-electron chi connectivity index (χ2n) is 9.86. The fourth-order valence-corrected chi connectivity index (χ4v) is 6.57. The molecule has 0 aliphatic carbocycles. The van der Waals surface area contributed by atoms with Gasteiger partial charge < -0.3 is 8.92 Å². The molecule has 5 rings (SSSR count). The molecule has 1 aliphatic rings. The van der Waals surface area contributed by atoms with Crippen molar-refractivity contribution >= 4 is 39.0 Å². The molecule has 1 saturated heterocycles. The molecule has 0 aromatic heterocycles. The van der Waals surface area contributed by atoms with Gasteiger partial charge in [0.15, 0.2) is 16.7 Å². The van der Waals surface area contributed by atoms with Crippen LogP contribution in [0.15, 0.2) is 131 Å². The van der Waals surface area contributed by atoms with Crippen molar-refractivity contribution in [3.8, 4) is 11.5 Å². The molecule has 0 saturated carbocycles. The molecule has 224 valence electrons. The highest BCUT2D eigenvalue weighted by Crippen LogP contribution is 2.39. The molecule has 0 bridgehead atoms. The lowest BCUT2D eigenvalue weighted by molar-refractivity contribution is -0.122. The summed E-state index contributed by atoms with van der Waals surface area (Å²) in [7, 11) is -4.12. The van der Waals surface area contributed by atoms with Crippen LogP contribution in [0, 0.1) is 0 Å². The quantitative estimate of drug-likeness (QED) is 0.0938. The van der Waals surface area contributed by atoms with Crippen molar-refractivity contribution in [1.82, 2.24) is 4.90 Å². The number of amides is 1. The predicted octanol–water partition coefficient (Wildman–Crippen LogP) is 7.25. The molecule has 0 radical (unpaired) electrons. The summed E-state index contributed by atoms with van der Waals surface area (Å²) in [5.41, 5.74) is 3.26. The summed E-state index contributed by atoms with van der Waals surface area (Å²) >= 11 is 1.31. The second kappa shape index (κ2) is 14.2. The third-order valence-electron chi connectivity index (χ3n) is 6.65. The molecule has 1 fully saturated rings. The lowest BCUT2D eigenvalue weighted by Gasteiger charge is -2.17. The minimum atomic E-state index is -4.12. The molecule has 7 nitrogen and oxygen atoms in total. The summed E-state index contributed by atoms with van der Waals surface area (Å²) < 4.78 is 37.8. The van der Waals surface area contributed by atoms with Crippen molar-refractivity contribution in [1.29, 1.82) is 0 Å². The molecular formula is C35H32N2O5S2. The van der Waals surface area contributed by atoms with Gasteiger partial charge in [-0.2, -0.15) is 8.42 Å². The lowest BCUT2D eigenvalue weighted by Crippen LogP contribution is -2.28. The van der Waals surface area contributed by atoms with E-state index >= 15 is 0 Å². The lowest BCUT2D eigenvalue weighted by atomic mass is 10.0. The Morgan fingerprint density at radius 2 is 1.55 bits per heavy atom. The first-order valence-electron chi connectivity index (χ1n) is 14.1. The van der Waals surface area contributed by atoms with Gasteiger partial charge in [0, 0.05) is 5.56 Å². The molecular weight excluding hydrogens is 593 g/mol. The number of ether oxygens (including phenoxy) is 1. The first kappa shape index (κ1) is 30.8. The normalized spacial score (nSPS) is 15.1. The van der Waals surface area contributed by atoms with Crippen LogP contribution in [0.3, 0.4) is 0 Å². The SMILES string of the molecule is C=CCc1cc(/C=C2/SC(=NCc3ccccc3)N(Cc3ccccc3)C2=O)cc(OCC)c1OS(=O)(=O)c1ccccc1. The minimum absolute atomic E-state index is 0.0342. The van der Waals surface area contributed by atoms with Gasteiger partial charge in [-0.3, -0.25) is 14.7 Å². The number of hydrogen-bond acceptors (Lipinski definition) is 7. The summed E-state index contributed by atoms with van der Waals surface area (Å²) in [5.74, 6) is 0.188. The fraction of sp³-hybridized carbons (Fsp3) is 0.143.